The molecule has 0 saturated carbocycles. The van der Waals surface area contributed by atoms with Gasteiger partial charge in [-0.05, 0) is 87.4 Å². The number of hydrogen-bond acceptors (Lipinski definition) is 8. The first-order chi connectivity index (χ1) is 29.1. The van der Waals surface area contributed by atoms with Crippen LogP contribution in [0.3, 0.4) is 0 Å². The van der Waals surface area contributed by atoms with Crippen LogP contribution in [0.4, 0.5) is 0 Å². The van der Waals surface area contributed by atoms with Crippen LogP contribution in [-0.4, -0.2) is 59.1 Å². The van der Waals surface area contributed by atoms with Gasteiger partial charge >= 0.3 is 0 Å². The van der Waals surface area contributed by atoms with E-state index in [9.17, 15) is 19.2 Å². The van der Waals surface area contributed by atoms with Gasteiger partial charge in [-0.1, -0.05) is 48.5 Å². The number of aromatic amines is 4. The quantitative estimate of drug-likeness (QED) is 0.151. The van der Waals surface area contributed by atoms with Crippen LogP contribution in [0.2, 0.25) is 0 Å². The maximum Gasteiger partial charge on any atom is 0.277 e. The minimum Gasteiger partial charge on any atom is -0.294 e. The second-order valence-corrected chi connectivity index (χ2v) is 14.4. The summed E-state index contributed by atoms with van der Waals surface area (Å²) in [6.45, 7) is 7.15. The standard InChI is InChI=1S/C44H38N12O4/c1-25-35(41(57)53(49-25)31-13-5-9-21-45-31)39(36-26(2)50-54(42(36)58)32-14-6-10-22-46-32)29-17-19-30(20-18-29)40(37-27(3)51-55(43(37)59)33-15-7-11-23-47-33)38-28(4)52-56(44(38)60)34-16-8-12-24-48-34/h5-24,39-40,49-52H,1-4H3. The van der Waals surface area contributed by atoms with Crippen molar-refractivity contribution >= 4 is 0 Å². The van der Waals surface area contributed by atoms with Crippen molar-refractivity contribution in [3.63, 3.8) is 0 Å². The van der Waals surface area contributed by atoms with Crippen molar-refractivity contribution in [2.45, 2.75) is 39.5 Å². The zero-order chi connectivity index (χ0) is 41.7. The van der Waals surface area contributed by atoms with Crippen molar-refractivity contribution in [3.8, 4) is 23.3 Å². The van der Waals surface area contributed by atoms with E-state index in [2.05, 4.69) is 40.3 Å². The summed E-state index contributed by atoms with van der Waals surface area (Å²) in [6, 6.07) is 28.4. The normalized spacial score (nSPS) is 11.6. The predicted octanol–water partition coefficient (Wildman–Crippen LogP) is 4.78. The zero-order valence-corrected chi connectivity index (χ0v) is 32.9. The molecule has 0 radical (unpaired) electrons. The van der Waals surface area contributed by atoms with Crippen molar-refractivity contribution in [3.05, 3.63) is 219 Å². The predicted molar refractivity (Wildman–Crippen MR) is 224 cm³/mol. The van der Waals surface area contributed by atoms with Crippen LogP contribution >= 0.6 is 0 Å². The molecule has 0 fully saturated rings. The van der Waals surface area contributed by atoms with Crippen LogP contribution < -0.4 is 22.2 Å². The molecule has 0 aliphatic carbocycles. The molecule has 8 aromatic heterocycles. The van der Waals surface area contributed by atoms with Crippen molar-refractivity contribution in [1.82, 2.24) is 59.1 Å². The van der Waals surface area contributed by atoms with Gasteiger partial charge in [-0.25, -0.2) is 38.7 Å². The third kappa shape index (κ3) is 6.26. The lowest BCUT2D eigenvalue weighted by Gasteiger charge is -2.19. The van der Waals surface area contributed by atoms with Gasteiger partial charge in [-0.15, -0.1) is 0 Å². The molecule has 16 nitrogen and oxygen atoms in total. The number of benzene rings is 1. The molecular weight excluding hydrogens is 761 g/mol. The van der Waals surface area contributed by atoms with Crippen LogP contribution in [0, 0.1) is 27.7 Å². The van der Waals surface area contributed by atoms with E-state index < -0.39 is 11.8 Å². The number of hydrogen-bond donors (Lipinski definition) is 4. The van der Waals surface area contributed by atoms with Gasteiger partial charge < -0.3 is 0 Å². The fraction of sp³-hybridized carbons (Fsp3) is 0.136. The van der Waals surface area contributed by atoms with Crippen LogP contribution in [0.25, 0.3) is 23.3 Å². The number of nitrogens with zero attached hydrogens (tertiary/aromatic N) is 8. The molecular formula is C44H38N12O4. The van der Waals surface area contributed by atoms with Gasteiger partial charge in [0.05, 0.1) is 22.3 Å². The Balaban J connectivity index is 1.25. The van der Waals surface area contributed by atoms with Crippen molar-refractivity contribution in [1.29, 1.82) is 0 Å². The van der Waals surface area contributed by atoms with E-state index >= 15 is 0 Å². The summed E-state index contributed by atoms with van der Waals surface area (Å²) in [7, 11) is 0. The maximum atomic E-state index is 14.5. The van der Waals surface area contributed by atoms with Gasteiger partial charge in [0.25, 0.3) is 22.2 Å². The minimum absolute atomic E-state index is 0.344. The average Bonchev–Trinajstić information content (AvgIpc) is 3.95. The maximum absolute atomic E-state index is 14.5. The summed E-state index contributed by atoms with van der Waals surface area (Å²) in [5, 5.41) is 12.7. The summed E-state index contributed by atoms with van der Waals surface area (Å²) in [5.74, 6) is -0.177. The second-order valence-electron chi connectivity index (χ2n) is 14.4. The van der Waals surface area contributed by atoms with Gasteiger partial charge in [0.1, 0.15) is 0 Å². The third-order valence-electron chi connectivity index (χ3n) is 10.7. The molecule has 298 valence electrons. The Morgan fingerprint density at radius 1 is 0.367 bits per heavy atom. The van der Waals surface area contributed by atoms with E-state index in [0.717, 1.165) is 0 Å². The van der Waals surface area contributed by atoms with E-state index in [1.807, 2.05) is 24.3 Å². The van der Waals surface area contributed by atoms with E-state index in [0.29, 0.717) is 79.4 Å². The van der Waals surface area contributed by atoms with Gasteiger partial charge in [-0.2, -0.15) is 0 Å². The lowest BCUT2D eigenvalue weighted by atomic mass is 9.82. The summed E-state index contributed by atoms with van der Waals surface area (Å²) in [6.07, 6.45) is 6.39. The molecule has 9 rings (SSSR count). The molecule has 0 aliphatic heterocycles. The van der Waals surface area contributed by atoms with E-state index in [1.165, 1.54) is 18.7 Å². The number of aryl methyl sites for hydroxylation is 4. The molecule has 0 amide bonds. The Bertz CT molecular complexity index is 2810. The number of rotatable bonds is 10. The molecule has 0 saturated heterocycles. The summed E-state index contributed by atoms with van der Waals surface area (Å²) in [4.78, 5) is 75.5. The summed E-state index contributed by atoms with van der Waals surface area (Å²) >= 11 is 0. The molecule has 0 aliphatic rings. The highest BCUT2D eigenvalue weighted by atomic mass is 16.2. The van der Waals surface area contributed by atoms with Crippen LogP contribution in [0.15, 0.2) is 141 Å². The topological polar surface area (TPSA) is 203 Å². The molecule has 9 aromatic rings. The zero-order valence-electron chi connectivity index (χ0n) is 32.9. The van der Waals surface area contributed by atoms with Gasteiger partial charge in [0.15, 0.2) is 23.3 Å². The SMILES string of the molecule is Cc1[nH]n(-c2ccccn2)c(=O)c1C(c1ccc(C(c2c(C)[nH]n(-c3ccccn3)c2=O)c2c(C)[nH]n(-c3ccccn3)c2=O)cc1)c1c(C)[nH]n(-c2ccccn2)c1=O. The average molecular weight is 799 g/mol. The monoisotopic (exact) mass is 798 g/mol. The highest BCUT2D eigenvalue weighted by molar-refractivity contribution is 5.51. The molecule has 0 atom stereocenters. The lowest BCUT2D eigenvalue weighted by Crippen LogP contribution is -2.26. The molecule has 16 heteroatoms. The first kappa shape index (κ1) is 37.4. The fourth-order valence-corrected chi connectivity index (χ4v) is 8.02. The second kappa shape index (κ2) is 15.0. The molecule has 0 bridgehead atoms. The largest absolute Gasteiger partial charge is 0.294 e. The Hall–Kier alpha value is -8.14. The third-order valence-corrected chi connectivity index (χ3v) is 10.7. The Kier molecular flexibility index (Phi) is 9.35. The number of pyridine rings is 4. The van der Waals surface area contributed by atoms with Gasteiger partial charge in [0, 0.05) is 59.4 Å². The van der Waals surface area contributed by atoms with E-state index in [-0.39, 0.29) is 22.2 Å². The first-order valence-electron chi connectivity index (χ1n) is 19.1. The van der Waals surface area contributed by atoms with Crippen molar-refractivity contribution < 1.29 is 0 Å². The molecule has 8 heterocycles. The van der Waals surface area contributed by atoms with Crippen molar-refractivity contribution in [2.75, 3.05) is 0 Å². The first-order valence-corrected chi connectivity index (χ1v) is 19.1. The Morgan fingerprint density at radius 3 is 0.800 bits per heavy atom. The van der Waals surface area contributed by atoms with E-state index in [4.69, 9.17) is 0 Å². The molecule has 60 heavy (non-hydrogen) atoms. The van der Waals surface area contributed by atoms with Crippen LogP contribution in [0.5, 0.6) is 0 Å². The molecule has 1 aromatic carbocycles. The highest BCUT2D eigenvalue weighted by Gasteiger charge is 2.34. The van der Waals surface area contributed by atoms with Crippen LogP contribution in [0.1, 0.15) is 68.0 Å². The molecule has 0 spiro atoms. The summed E-state index contributed by atoms with van der Waals surface area (Å²) < 4.78 is 5.46. The fourth-order valence-electron chi connectivity index (χ4n) is 8.02. The number of aromatic nitrogens is 12. The Morgan fingerprint density at radius 2 is 0.600 bits per heavy atom. The molecule has 4 N–H and O–H groups in total. The minimum atomic E-state index is -0.870. The van der Waals surface area contributed by atoms with Gasteiger partial charge in [-0.3, -0.25) is 39.6 Å². The van der Waals surface area contributed by atoms with Crippen LogP contribution in [-0.2, 0) is 0 Å². The summed E-state index contributed by atoms with van der Waals surface area (Å²) in [5.41, 5.74) is 3.26. The smallest absolute Gasteiger partial charge is 0.277 e. The number of H-pyrrole nitrogens is 4. The van der Waals surface area contributed by atoms with Crippen molar-refractivity contribution in [2.24, 2.45) is 0 Å². The highest BCUT2D eigenvalue weighted by Crippen LogP contribution is 2.36. The number of nitrogens with one attached hydrogen (secondary N) is 4. The van der Waals surface area contributed by atoms with E-state index in [1.54, 1.807) is 125 Å². The molecule has 0 unspecified atom stereocenters. The van der Waals surface area contributed by atoms with Gasteiger partial charge in [0.2, 0.25) is 0 Å². The lowest BCUT2D eigenvalue weighted by molar-refractivity contribution is 0.802. The Labute approximate surface area is 340 Å².